The lowest BCUT2D eigenvalue weighted by atomic mass is 10.2. The van der Waals surface area contributed by atoms with Crippen LogP contribution in [0.5, 0.6) is 0 Å². The third-order valence-corrected chi connectivity index (χ3v) is 4.06. The molecule has 0 aliphatic carbocycles. The van der Waals surface area contributed by atoms with Crippen molar-refractivity contribution in [2.75, 3.05) is 13.2 Å². The fraction of sp³-hybridized carbons (Fsp3) is 0.316. The summed E-state index contributed by atoms with van der Waals surface area (Å²) in [6.45, 7) is 1.65. The summed E-state index contributed by atoms with van der Waals surface area (Å²) >= 11 is 0. The van der Waals surface area contributed by atoms with Crippen molar-refractivity contribution in [3.63, 3.8) is 0 Å². The van der Waals surface area contributed by atoms with Gasteiger partial charge in [-0.25, -0.2) is 0 Å². The number of pyridine rings is 1. The third-order valence-electron chi connectivity index (χ3n) is 4.06. The highest BCUT2D eigenvalue weighted by Crippen LogP contribution is 2.11. The van der Waals surface area contributed by atoms with Crippen molar-refractivity contribution >= 4 is 11.8 Å². The number of benzene rings is 1. The number of rotatable bonds is 6. The van der Waals surface area contributed by atoms with Gasteiger partial charge in [0.25, 0.3) is 11.8 Å². The minimum atomic E-state index is -0.308. The van der Waals surface area contributed by atoms with Gasteiger partial charge in [0, 0.05) is 31.5 Å². The standard InChI is InChI=1S/C19H21N3O3/c23-18(22-13-16-7-4-10-25-16)15-8-9-20-17(11-15)19(24)21-12-14-5-2-1-3-6-14/h1-3,5-6,8-9,11,16H,4,7,10,12-13H2,(H,21,24)(H,22,23). The van der Waals surface area contributed by atoms with Gasteiger partial charge in [0.2, 0.25) is 0 Å². The Labute approximate surface area is 146 Å². The first-order chi connectivity index (χ1) is 12.2. The third kappa shape index (κ3) is 4.87. The van der Waals surface area contributed by atoms with Crippen LogP contribution in [0.3, 0.4) is 0 Å². The number of hydrogen-bond donors (Lipinski definition) is 2. The summed E-state index contributed by atoms with van der Waals surface area (Å²) in [6.07, 6.45) is 3.54. The molecule has 1 saturated heterocycles. The predicted octanol–water partition coefficient (Wildman–Crippen LogP) is 1.92. The fourth-order valence-electron chi connectivity index (χ4n) is 2.68. The molecule has 3 rings (SSSR count). The molecule has 0 radical (unpaired) electrons. The molecule has 2 aromatic rings. The molecule has 1 atom stereocenters. The summed E-state index contributed by atoms with van der Waals surface area (Å²) in [4.78, 5) is 28.5. The van der Waals surface area contributed by atoms with E-state index < -0.39 is 0 Å². The Morgan fingerprint density at radius 3 is 2.72 bits per heavy atom. The molecule has 2 heterocycles. The maximum absolute atomic E-state index is 12.2. The van der Waals surface area contributed by atoms with E-state index in [9.17, 15) is 9.59 Å². The smallest absolute Gasteiger partial charge is 0.270 e. The van der Waals surface area contributed by atoms with Crippen LogP contribution in [0.4, 0.5) is 0 Å². The van der Waals surface area contributed by atoms with Crippen molar-refractivity contribution in [3.05, 3.63) is 65.5 Å². The van der Waals surface area contributed by atoms with E-state index >= 15 is 0 Å². The summed E-state index contributed by atoms with van der Waals surface area (Å²) in [7, 11) is 0. The van der Waals surface area contributed by atoms with Gasteiger partial charge in [-0.1, -0.05) is 30.3 Å². The number of amides is 2. The molecule has 0 spiro atoms. The Balaban J connectivity index is 1.56. The predicted molar refractivity (Wildman–Crippen MR) is 93.2 cm³/mol. The van der Waals surface area contributed by atoms with Crippen molar-refractivity contribution in [1.29, 1.82) is 0 Å². The van der Waals surface area contributed by atoms with Gasteiger partial charge >= 0.3 is 0 Å². The molecule has 2 amide bonds. The van der Waals surface area contributed by atoms with Crippen LogP contribution >= 0.6 is 0 Å². The molecule has 6 heteroatoms. The van der Waals surface area contributed by atoms with Crippen molar-refractivity contribution in [3.8, 4) is 0 Å². The number of ether oxygens (including phenoxy) is 1. The molecule has 6 nitrogen and oxygen atoms in total. The molecule has 2 N–H and O–H groups in total. The average Bonchev–Trinajstić information content (AvgIpc) is 3.18. The molecule has 130 valence electrons. The molecule has 1 unspecified atom stereocenters. The summed E-state index contributed by atoms with van der Waals surface area (Å²) < 4.78 is 5.48. The van der Waals surface area contributed by atoms with Gasteiger partial charge in [-0.05, 0) is 30.5 Å². The van der Waals surface area contributed by atoms with Crippen LogP contribution in [-0.4, -0.2) is 36.1 Å². The van der Waals surface area contributed by atoms with Gasteiger partial charge in [0.05, 0.1) is 6.10 Å². The molecule has 0 saturated carbocycles. The van der Waals surface area contributed by atoms with E-state index in [1.54, 1.807) is 6.07 Å². The Morgan fingerprint density at radius 1 is 1.12 bits per heavy atom. The van der Waals surface area contributed by atoms with Crippen LogP contribution in [0.2, 0.25) is 0 Å². The lowest BCUT2D eigenvalue weighted by Crippen LogP contribution is -2.32. The van der Waals surface area contributed by atoms with Crippen LogP contribution in [0.15, 0.2) is 48.7 Å². The number of carbonyl (C=O) groups is 2. The second-order valence-corrected chi connectivity index (χ2v) is 5.94. The molecule has 1 aliphatic heterocycles. The van der Waals surface area contributed by atoms with Gasteiger partial charge in [-0.3, -0.25) is 14.6 Å². The monoisotopic (exact) mass is 339 g/mol. The lowest BCUT2D eigenvalue weighted by molar-refractivity contribution is 0.0857. The van der Waals surface area contributed by atoms with Crippen LogP contribution < -0.4 is 10.6 Å². The summed E-state index contributed by atoms with van der Waals surface area (Å²) in [5.74, 6) is -0.535. The van der Waals surface area contributed by atoms with Gasteiger partial charge in [0.1, 0.15) is 5.69 Å². The average molecular weight is 339 g/mol. The number of aromatic nitrogens is 1. The molecule has 1 aliphatic rings. The van der Waals surface area contributed by atoms with E-state index in [1.807, 2.05) is 30.3 Å². The molecular weight excluding hydrogens is 318 g/mol. The Kier molecular flexibility index (Phi) is 5.74. The maximum Gasteiger partial charge on any atom is 0.270 e. The summed E-state index contributed by atoms with van der Waals surface area (Å²) in [5.41, 5.74) is 1.64. The number of carbonyl (C=O) groups excluding carboxylic acids is 2. The molecule has 0 bridgehead atoms. The minimum absolute atomic E-state index is 0.0828. The van der Waals surface area contributed by atoms with Gasteiger partial charge in [0.15, 0.2) is 0 Å². The summed E-state index contributed by atoms with van der Waals surface area (Å²) in [5, 5.41) is 5.65. The van der Waals surface area contributed by atoms with E-state index in [4.69, 9.17) is 4.74 Å². The topological polar surface area (TPSA) is 80.3 Å². The molecule has 1 aromatic carbocycles. The van der Waals surface area contributed by atoms with Crippen LogP contribution in [-0.2, 0) is 11.3 Å². The Bertz CT molecular complexity index is 728. The first kappa shape index (κ1) is 17.1. The van der Waals surface area contributed by atoms with Crippen LogP contribution in [0, 0.1) is 0 Å². The lowest BCUT2D eigenvalue weighted by Gasteiger charge is -2.11. The van der Waals surface area contributed by atoms with Crippen molar-refractivity contribution in [2.45, 2.75) is 25.5 Å². The second kappa shape index (κ2) is 8.39. The van der Waals surface area contributed by atoms with Crippen LogP contribution in [0.1, 0.15) is 39.3 Å². The van der Waals surface area contributed by atoms with Crippen LogP contribution in [0.25, 0.3) is 0 Å². The largest absolute Gasteiger partial charge is 0.376 e. The van der Waals surface area contributed by atoms with E-state index in [-0.39, 0.29) is 23.6 Å². The molecule has 1 aromatic heterocycles. The molecule has 25 heavy (non-hydrogen) atoms. The van der Waals surface area contributed by atoms with E-state index in [0.29, 0.717) is 18.7 Å². The maximum atomic E-state index is 12.2. The second-order valence-electron chi connectivity index (χ2n) is 5.94. The van der Waals surface area contributed by atoms with Gasteiger partial charge in [-0.15, -0.1) is 0 Å². The highest BCUT2D eigenvalue weighted by Gasteiger charge is 2.17. The zero-order chi connectivity index (χ0) is 17.5. The number of hydrogen-bond acceptors (Lipinski definition) is 4. The zero-order valence-corrected chi connectivity index (χ0v) is 13.9. The van der Waals surface area contributed by atoms with Gasteiger partial charge < -0.3 is 15.4 Å². The van der Waals surface area contributed by atoms with Gasteiger partial charge in [-0.2, -0.15) is 0 Å². The fourth-order valence-corrected chi connectivity index (χ4v) is 2.68. The molecular formula is C19H21N3O3. The molecule has 1 fully saturated rings. The SMILES string of the molecule is O=C(NCC1CCCO1)c1ccnc(C(=O)NCc2ccccc2)c1. The van der Waals surface area contributed by atoms with Crippen molar-refractivity contribution < 1.29 is 14.3 Å². The first-order valence-electron chi connectivity index (χ1n) is 8.40. The van der Waals surface area contributed by atoms with E-state index in [0.717, 1.165) is 25.0 Å². The Hall–Kier alpha value is -2.73. The zero-order valence-electron chi connectivity index (χ0n) is 13.9. The summed E-state index contributed by atoms with van der Waals surface area (Å²) in [6, 6.07) is 12.7. The number of nitrogens with one attached hydrogen (secondary N) is 2. The first-order valence-corrected chi connectivity index (χ1v) is 8.40. The van der Waals surface area contributed by atoms with Crippen molar-refractivity contribution in [1.82, 2.24) is 15.6 Å². The highest BCUT2D eigenvalue weighted by molar-refractivity contribution is 5.98. The van der Waals surface area contributed by atoms with Crippen molar-refractivity contribution in [2.24, 2.45) is 0 Å². The highest BCUT2D eigenvalue weighted by atomic mass is 16.5. The number of nitrogens with zero attached hydrogens (tertiary/aromatic N) is 1. The normalized spacial score (nSPS) is 16.4. The van der Waals surface area contributed by atoms with E-state index in [1.165, 1.54) is 12.3 Å². The Morgan fingerprint density at radius 2 is 1.96 bits per heavy atom. The van der Waals surface area contributed by atoms with E-state index in [2.05, 4.69) is 15.6 Å². The minimum Gasteiger partial charge on any atom is -0.376 e. The quantitative estimate of drug-likeness (QED) is 0.843.